The molecule has 0 aromatic heterocycles. The summed E-state index contributed by atoms with van der Waals surface area (Å²) in [6, 6.07) is 6.13. The second kappa shape index (κ2) is 5.59. The van der Waals surface area contributed by atoms with E-state index in [-0.39, 0.29) is 10.6 Å². The predicted molar refractivity (Wildman–Crippen MR) is 72.7 cm³/mol. The Bertz CT molecular complexity index is 601. The Balaban J connectivity index is 2.04. The zero-order valence-corrected chi connectivity index (χ0v) is 11.4. The summed E-state index contributed by atoms with van der Waals surface area (Å²) in [5.74, 6) is 0.654. The molecule has 1 aromatic rings. The topological polar surface area (TPSA) is 96.0 Å². The van der Waals surface area contributed by atoms with Crippen LogP contribution in [0.15, 0.2) is 23.1 Å². The minimum Gasteiger partial charge on any atom is -0.398 e. The molecule has 6 heteroatoms. The van der Waals surface area contributed by atoms with Gasteiger partial charge in [0.25, 0.3) is 0 Å². The normalized spacial score (nSPS) is 15.7. The third kappa shape index (κ3) is 3.25. The highest BCUT2D eigenvalue weighted by atomic mass is 32.2. The van der Waals surface area contributed by atoms with Crippen molar-refractivity contribution in [3.8, 4) is 6.07 Å². The summed E-state index contributed by atoms with van der Waals surface area (Å²) in [5.41, 5.74) is 6.14. The molecule has 1 saturated carbocycles. The van der Waals surface area contributed by atoms with E-state index in [0.717, 1.165) is 6.42 Å². The molecule has 0 radical (unpaired) electrons. The van der Waals surface area contributed by atoms with Crippen LogP contribution in [0.2, 0.25) is 0 Å². The standard InChI is InChI=1S/C13H17N3O2S/c14-9-11-4-5-13(12(15)8-11)19(17,18)16-7-6-10-2-1-3-10/h4-5,8,10,16H,1-3,6-7,15H2. The number of rotatable bonds is 5. The van der Waals surface area contributed by atoms with Crippen LogP contribution in [-0.2, 0) is 10.0 Å². The van der Waals surface area contributed by atoms with Crippen LogP contribution in [-0.4, -0.2) is 15.0 Å². The zero-order valence-electron chi connectivity index (χ0n) is 10.6. The molecular weight excluding hydrogens is 262 g/mol. The molecule has 0 aliphatic heterocycles. The number of hydrogen-bond donors (Lipinski definition) is 2. The molecule has 19 heavy (non-hydrogen) atoms. The molecule has 0 bridgehead atoms. The van der Waals surface area contributed by atoms with E-state index in [1.807, 2.05) is 6.07 Å². The van der Waals surface area contributed by atoms with E-state index >= 15 is 0 Å². The molecule has 102 valence electrons. The minimum atomic E-state index is -3.58. The molecule has 0 amide bonds. The molecule has 3 N–H and O–H groups in total. The lowest BCUT2D eigenvalue weighted by Gasteiger charge is -2.25. The number of anilines is 1. The second-order valence-corrected chi connectivity index (χ2v) is 6.58. The van der Waals surface area contributed by atoms with E-state index < -0.39 is 10.0 Å². The zero-order chi connectivity index (χ0) is 13.9. The SMILES string of the molecule is N#Cc1ccc(S(=O)(=O)NCCC2CCC2)c(N)c1. The van der Waals surface area contributed by atoms with E-state index in [0.29, 0.717) is 18.0 Å². The van der Waals surface area contributed by atoms with E-state index in [1.165, 1.54) is 37.5 Å². The first-order chi connectivity index (χ1) is 9.03. The molecule has 1 fully saturated rings. The van der Waals surface area contributed by atoms with Gasteiger partial charge in [0.1, 0.15) is 4.90 Å². The van der Waals surface area contributed by atoms with Gasteiger partial charge < -0.3 is 5.73 Å². The largest absolute Gasteiger partial charge is 0.398 e. The van der Waals surface area contributed by atoms with Gasteiger partial charge in [-0.15, -0.1) is 0 Å². The summed E-state index contributed by atoms with van der Waals surface area (Å²) in [5, 5.41) is 8.72. The number of benzene rings is 1. The highest BCUT2D eigenvalue weighted by molar-refractivity contribution is 7.89. The molecule has 0 unspecified atom stereocenters. The monoisotopic (exact) mass is 279 g/mol. The maximum absolute atomic E-state index is 12.1. The first-order valence-electron chi connectivity index (χ1n) is 6.32. The Morgan fingerprint density at radius 2 is 2.16 bits per heavy atom. The number of nitrogens with one attached hydrogen (secondary N) is 1. The quantitative estimate of drug-likeness (QED) is 0.800. The third-order valence-electron chi connectivity index (χ3n) is 3.50. The van der Waals surface area contributed by atoms with Crippen LogP contribution >= 0.6 is 0 Å². The average Bonchev–Trinajstić information content (AvgIpc) is 2.31. The summed E-state index contributed by atoms with van der Waals surface area (Å²) < 4.78 is 26.7. The van der Waals surface area contributed by atoms with Crippen molar-refractivity contribution < 1.29 is 8.42 Å². The van der Waals surface area contributed by atoms with Crippen LogP contribution < -0.4 is 10.5 Å². The molecule has 0 spiro atoms. The van der Waals surface area contributed by atoms with Crippen molar-refractivity contribution in [2.45, 2.75) is 30.6 Å². The van der Waals surface area contributed by atoms with Crippen LogP contribution in [0.3, 0.4) is 0 Å². The van der Waals surface area contributed by atoms with E-state index in [1.54, 1.807) is 0 Å². The fraction of sp³-hybridized carbons (Fsp3) is 0.462. The van der Waals surface area contributed by atoms with Gasteiger partial charge in [0.15, 0.2) is 0 Å². The highest BCUT2D eigenvalue weighted by Crippen LogP contribution is 2.29. The molecule has 1 aliphatic carbocycles. The van der Waals surface area contributed by atoms with E-state index in [2.05, 4.69) is 4.72 Å². The van der Waals surface area contributed by atoms with E-state index in [9.17, 15) is 8.42 Å². The van der Waals surface area contributed by atoms with Gasteiger partial charge in [-0.25, -0.2) is 13.1 Å². The number of nitrogens with zero attached hydrogens (tertiary/aromatic N) is 1. The summed E-state index contributed by atoms with van der Waals surface area (Å²) >= 11 is 0. The van der Waals surface area contributed by atoms with Crippen LogP contribution in [0.25, 0.3) is 0 Å². The summed E-state index contributed by atoms with van der Waals surface area (Å²) in [6.07, 6.45) is 4.51. The lowest BCUT2D eigenvalue weighted by molar-refractivity contribution is 0.297. The second-order valence-electron chi connectivity index (χ2n) is 4.85. The number of nitrogen functional groups attached to an aromatic ring is 1. The number of sulfonamides is 1. The van der Waals surface area contributed by atoms with Crippen LogP contribution in [0.4, 0.5) is 5.69 Å². The summed E-state index contributed by atoms with van der Waals surface area (Å²) in [7, 11) is -3.58. The van der Waals surface area contributed by atoms with Gasteiger partial charge in [-0.3, -0.25) is 0 Å². The maximum Gasteiger partial charge on any atom is 0.242 e. The Morgan fingerprint density at radius 3 is 2.68 bits per heavy atom. The van der Waals surface area contributed by atoms with Crippen LogP contribution in [0.1, 0.15) is 31.2 Å². The lowest BCUT2D eigenvalue weighted by atomic mass is 9.83. The van der Waals surface area contributed by atoms with Gasteiger partial charge in [-0.2, -0.15) is 5.26 Å². The molecule has 0 atom stereocenters. The van der Waals surface area contributed by atoms with Crippen LogP contribution in [0.5, 0.6) is 0 Å². The van der Waals surface area contributed by atoms with Crippen molar-refractivity contribution in [3.05, 3.63) is 23.8 Å². The Morgan fingerprint density at radius 1 is 1.42 bits per heavy atom. The molecule has 5 nitrogen and oxygen atoms in total. The third-order valence-corrected chi connectivity index (χ3v) is 5.03. The number of nitrogens with two attached hydrogens (primary N) is 1. The fourth-order valence-corrected chi connectivity index (χ4v) is 3.28. The fourth-order valence-electron chi connectivity index (χ4n) is 2.12. The lowest BCUT2D eigenvalue weighted by Crippen LogP contribution is -2.28. The Kier molecular flexibility index (Phi) is 4.08. The van der Waals surface area contributed by atoms with Crippen molar-refractivity contribution in [1.82, 2.24) is 4.72 Å². The van der Waals surface area contributed by atoms with Crippen molar-refractivity contribution in [2.24, 2.45) is 5.92 Å². The molecule has 2 rings (SSSR count). The van der Waals surface area contributed by atoms with Crippen molar-refractivity contribution in [2.75, 3.05) is 12.3 Å². The highest BCUT2D eigenvalue weighted by Gasteiger charge is 2.20. The smallest absolute Gasteiger partial charge is 0.242 e. The maximum atomic E-state index is 12.1. The average molecular weight is 279 g/mol. The molecule has 1 aromatic carbocycles. The van der Waals surface area contributed by atoms with Gasteiger partial charge in [0.05, 0.1) is 17.3 Å². The van der Waals surface area contributed by atoms with Crippen molar-refractivity contribution >= 4 is 15.7 Å². The predicted octanol–water partition coefficient (Wildman–Crippen LogP) is 1.61. The molecule has 1 aliphatic rings. The first-order valence-corrected chi connectivity index (χ1v) is 7.80. The molecule has 0 saturated heterocycles. The van der Waals surface area contributed by atoms with Gasteiger partial charge >= 0.3 is 0 Å². The van der Waals surface area contributed by atoms with Crippen molar-refractivity contribution in [1.29, 1.82) is 5.26 Å². The van der Waals surface area contributed by atoms with Crippen molar-refractivity contribution in [3.63, 3.8) is 0 Å². The Labute approximate surface area is 113 Å². The van der Waals surface area contributed by atoms with Crippen LogP contribution in [0, 0.1) is 17.2 Å². The van der Waals surface area contributed by atoms with Gasteiger partial charge in [0.2, 0.25) is 10.0 Å². The number of hydrogen-bond acceptors (Lipinski definition) is 4. The van der Waals surface area contributed by atoms with Gasteiger partial charge in [0, 0.05) is 6.54 Å². The van der Waals surface area contributed by atoms with Gasteiger partial charge in [-0.05, 0) is 30.5 Å². The number of nitriles is 1. The Hall–Kier alpha value is -1.58. The van der Waals surface area contributed by atoms with E-state index in [4.69, 9.17) is 11.0 Å². The first kappa shape index (κ1) is 13.8. The summed E-state index contributed by atoms with van der Waals surface area (Å²) in [4.78, 5) is 0.0418. The minimum absolute atomic E-state index is 0.0418. The molecule has 0 heterocycles. The summed E-state index contributed by atoms with van der Waals surface area (Å²) in [6.45, 7) is 0.437. The molecular formula is C13H17N3O2S. The van der Waals surface area contributed by atoms with Gasteiger partial charge in [-0.1, -0.05) is 19.3 Å².